The summed E-state index contributed by atoms with van der Waals surface area (Å²) in [6, 6.07) is 2.07. The molecule has 0 aliphatic rings. The molecule has 0 spiro atoms. The van der Waals surface area contributed by atoms with E-state index in [0.717, 1.165) is 5.69 Å². The third-order valence-electron chi connectivity index (χ3n) is 2.28. The predicted octanol–water partition coefficient (Wildman–Crippen LogP) is 0.730. The Hall–Kier alpha value is -1.36. The van der Waals surface area contributed by atoms with Crippen molar-refractivity contribution in [3.05, 3.63) is 11.8 Å². The van der Waals surface area contributed by atoms with Crippen LogP contribution in [-0.2, 0) is 5.41 Å². The van der Waals surface area contributed by atoms with Crippen LogP contribution < -0.4 is 15.2 Å². The first-order valence-corrected chi connectivity index (χ1v) is 4.71. The number of hydrogen-bond donors (Lipinski definition) is 1. The number of hydrogen-bond acceptors (Lipinski definition) is 5. The molecule has 84 valence electrons. The minimum atomic E-state index is -0.219. The lowest BCUT2D eigenvalue weighted by Gasteiger charge is -2.22. The normalized spacial score (nSPS) is 11.3. The molecule has 1 rings (SSSR count). The Balaban J connectivity index is 3.18. The smallest absolute Gasteiger partial charge is 0.319 e. The van der Waals surface area contributed by atoms with Crippen LogP contribution >= 0.6 is 0 Å². The molecular weight excluding hydrogens is 194 g/mol. The zero-order chi connectivity index (χ0) is 11.5. The maximum absolute atomic E-state index is 5.68. The molecule has 0 fully saturated rings. The second-order valence-electron chi connectivity index (χ2n) is 3.87. The Morgan fingerprint density at radius 3 is 2.40 bits per heavy atom. The maximum atomic E-state index is 5.68. The van der Waals surface area contributed by atoms with E-state index in [2.05, 4.69) is 9.97 Å². The van der Waals surface area contributed by atoms with E-state index in [0.29, 0.717) is 18.4 Å². The quantitative estimate of drug-likeness (QED) is 0.795. The van der Waals surface area contributed by atoms with Gasteiger partial charge >= 0.3 is 6.01 Å². The Bertz CT molecular complexity index is 317. The first-order chi connectivity index (χ1) is 7.03. The topological polar surface area (TPSA) is 70.3 Å². The average molecular weight is 211 g/mol. The maximum Gasteiger partial charge on any atom is 0.319 e. The molecule has 5 nitrogen and oxygen atoms in total. The van der Waals surface area contributed by atoms with Crippen LogP contribution in [0.4, 0.5) is 0 Å². The second-order valence-corrected chi connectivity index (χ2v) is 3.87. The highest BCUT2D eigenvalue weighted by atomic mass is 16.5. The largest absolute Gasteiger partial charge is 0.481 e. The summed E-state index contributed by atoms with van der Waals surface area (Å²) in [5, 5.41) is 0. The lowest BCUT2D eigenvalue weighted by Crippen LogP contribution is -2.29. The van der Waals surface area contributed by atoms with E-state index in [9.17, 15) is 0 Å². The monoisotopic (exact) mass is 211 g/mol. The van der Waals surface area contributed by atoms with Crippen LogP contribution in [0, 0.1) is 0 Å². The third-order valence-corrected chi connectivity index (χ3v) is 2.28. The van der Waals surface area contributed by atoms with Crippen molar-refractivity contribution in [1.29, 1.82) is 0 Å². The van der Waals surface area contributed by atoms with E-state index in [1.54, 1.807) is 13.2 Å². The molecule has 0 amide bonds. The number of nitrogens with two attached hydrogens (primary N) is 1. The molecule has 0 aliphatic carbocycles. The summed E-state index contributed by atoms with van der Waals surface area (Å²) in [6.07, 6.45) is 0. The predicted molar refractivity (Wildman–Crippen MR) is 57.2 cm³/mol. The van der Waals surface area contributed by atoms with Crippen molar-refractivity contribution >= 4 is 0 Å². The van der Waals surface area contributed by atoms with E-state index in [4.69, 9.17) is 15.2 Å². The van der Waals surface area contributed by atoms with Gasteiger partial charge < -0.3 is 15.2 Å². The van der Waals surface area contributed by atoms with Crippen molar-refractivity contribution in [2.45, 2.75) is 19.3 Å². The molecule has 0 atom stereocenters. The lowest BCUT2D eigenvalue weighted by atomic mass is 9.89. The summed E-state index contributed by atoms with van der Waals surface area (Å²) in [5.74, 6) is 0.485. The SMILES string of the molecule is COc1cc(C(C)(C)CN)nc(OC)n1. The molecule has 0 bridgehead atoms. The molecule has 0 unspecified atom stereocenters. The van der Waals surface area contributed by atoms with Gasteiger partial charge in [-0.3, -0.25) is 0 Å². The Kier molecular flexibility index (Phi) is 3.47. The highest BCUT2D eigenvalue weighted by Gasteiger charge is 2.22. The standard InChI is InChI=1S/C10H17N3O2/c1-10(2,6-11)7-5-8(14-3)13-9(12-7)15-4/h5H,6,11H2,1-4H3. The van der Waals surface area contributed by atoms with Crippen LogP contribution in [0.15, 0.2) is 6.07 Å². The van der Waals surface area contributed by atoms with Crippen molar-refractivity contribution in [3.63, 3.8) is 0 Å². The molecule has 15 heavy (non-hydrogen) atoms. The van der Waals surface area contributed by atoms with E-state index < -0.39 is 0 Å². The molecule has 1 aromatic heterocycles. The molecule has 0 saturated heterocycles. The summed E-state index contributed by atoms with van der Waals surface area (Å²) in [7, 11) is 3.08. The number of ether oxygens (including phenoxy) is 2. The van der Waals surface area contributed by atoms with Crippen molar-refractivity contribution in [3.8, 4) is 11.9 Å². The summed E-state index contributed by atoms with van der Waals surface area (Å²) in [4.78, 5) is 8.27. The zero-order valence-electron chi connectivity index (χ0n) is 9.57. The van der Waals surface area contributed by atoms with E-state index in [-0.39, 0.29) is 5.41 Å². The highest BCUT2D eigenvalue weighted by molar-refractivity contribution is 5.24. The van der Waals surface area contributed by atoms with Crippen molar-refractivity contribution in [1.82, 2.24) is 9.97 Å². The first kappa shape index (κ1) is 11.7. The fourth-order valence-electron chi connectivity index (χ4n) is 1.05. The van der Waals surface area contributed by atoms with Crippen molar-refractivity contribution in [2.24, 2.45) is 5.73 Å². The lowest BCUT2D eigenvalue weighted by molar-refractivity contribution is 0.344. The van der Waals surface area contributed by atoms with Crippen molar-refractivity contribution in [2.75, 3.05) is 20.8 Å². The minimum Gasteiger partial charge on any atom is -0.481 e. The van der Waals surface area contributed by atoms with Gasteiger partial charge in [-0.2, -0.15) is 9.97 Å². The number of nitrogens with zero attached hydrogens (tertiary/aromatic N) is 2. The van der Waals surface area contributed by atoms with Gasteiger partial charge in [-0.25, -0.2) is 0 Å². The van der Waals surface area contributed by atoms with Gasteiger partial charge in [0, 0.05) is 18.0 Å². The molecule has 5 heteroatoms. The van der Waals surface area contributed by atoms with Gasteiger partial charge in [0.15, 0.2) is 0 Å². The number of aromatic nitrogens is 2. The summed E-state index contributed by atoms with van der Waals surface area (Å²) in [6.45, 7) is 4.51. The Morgan fingerprint density at radius 1 is 1.27 bits per heavy atom. The van der Waals surface area contributed by atoms with Gasteiger partial charge in [0.2, 0.25) is 5.88 Å². The first-order valence-electron chi connectivity index (χ1n) is 4.71. The van der Waals surface area contributed by atoms with Crippen LogP contribution in [0.5, 0.6) is 11.9 Å². The Labute approximate surface area is 89.6 Å². The van der Waals surface area contributed by atoms with Gasteiger partial charge in [0.1, 0.15) is 0 Å². The number of rotatable bonds is 4. The molecule has 1 aromatic rings. The molecule has 0 saturated carbocycles. The van der Waals surface area contributed by atoms with E-state index in [1.165, 1.54) is 7.11 Å². The fourth-order valence-corrected chi connectivity index (χ4v) is 1.05. The summed E-state index contributed by atoms with van der Waals surface area (Å²) < 4.78 is 10.1. The van der Waals surface area contributed by atoms with Gasteiger partial charge in [0.25, 0.3) is 0 Å². The summed E-state index contributed by atoms with van der Waals surface area (Å²) >= 11 is 0. The second kappa shape index (κ2) is 4.44. The third kappa shape index (κ3) is 2.56. The Morgan fingerprint density at radius 2 is 1.93 bits per heavy atom. The van der Waals surface area contributed by atoms with Crippen LogP contribution in [0.1, 0.15) is 19.5 Å². The highest BCUT2D eigenvalue weighted by Crippen LogP contribution is 2.24. The van der Waals surface area contributed by atoms with Crippen LogP contribution in [-0.4, -0.2) is 30.7 Å². The van der Waals surface area contributed by atoms with Crippen LogP contribution in [0.25, 0.3) is 0 Å². The van der Waals surface area contributed by atoms with Gasteiger partial charge in [-0.05, 0) is 0 Å². The van der Waals surface area contributed by atoms with E-state index >= 15 is 0 Å². The average Bonchev–Trinajstić information content (AvgIpc) is 2.28. The fraction of sp³-hybridized carbons (Fsp3) is 0.600. The minimum absolute atomic E-state index is 0.219. The molecule has 0 radical (unpaired) electrons. The molecule has 0 aromatic carbocycles. The molecular formula is C10H17N3O2. The van der Waals surface area contributed by atoms with Crippen LogP contribution in [0.3, 0.4) is 0 Å². The molecule has 1 heterocycles. The summed E-state index contributed by atoms with van der Waals surface area (Å²) in [5.41, 5.74) is 6.27. The van der Waals surface area contributed by atoms with E-state index in [1.807, 2.05) is 13.8 Å². The van der Waals surface area contributed by atoms with Gasteiger partial charge in [-0.15, -0.1) is 0 Å². The van der Waals surface area contributed by atoms with Crippen LogP contribution in [0.2, 0.25) is 0 Å². The van der Waals surface area contributed by atoms with Gasteiger partial charge in [-0.1, -0.05) is 13.8 Å². The molecule has 2 N–H and O–H groups in total. The molecule has 0 aliphatic heterocycles. The number of methoxy groups -OCH3 is 2. The van der Waals surface area contributed by atoms with Gasteiger partial charge in [0.05, 0.1) is 19.9 Å². The zero-order valence-corrected chi connectivity index (χ0v) is 9.57. The van der Waals surface area contributed by atoms with Crippen molar-refractivity contribution < 1.29 is 9.47 Å².